The number of ether oxygens (including phenoxy) is 1. The zero-order valence-electron chi connectivity index (χ0n) is 18.2. The van der Waals surface area contributed by atoms with E-state index in [0.717, 1.165) is 28.1 Å². The van der Waals surface area contributed by atoms with Gasteiger partial charge in [0.05, 0.1) is 11.0 Å². The minimum atomic E-state index is 0.854. The van der Waals surface area contributed by atoms with E-state index in [0.29, 0.717) is 0 Å². The first-order valence-corrected chi connectivity index (χ1v) is 11.5. The summed E-state index contributed by atoms with van der Waals surface area (Å²) in [5, 5.41) is 7.28. The monoisotopic (exact) mass is 434 g/mol. The van der Waals surface area contributed by atoms with Crippen LogP contribution in [-0.2, 0) is 0 Å². The summed E-state index contributed by atoms with van der Waals surface area (Å²) in [7, 11) is 0. The fourth-order valence-electron chi connectivity index (χ4n) is 5.57. The number of rotatable bonds is 1. The molecule has 0 aliphatic carbocycles. The number of fused-ring (bicyclic) bond motifs is 7. The van der Waals surface area contributed by atoms with Gasteiger partial charge in [0.25, 0.3) is 0 Å². The van der Waals surface area contributed by atoms with Crippen LogP contribution in [-0.4, -0.2) is 9.55 Å². The Bertz CT molecular complexity index is 1950. The predicted octanol–water partition coefficient (Wildman–Crippen LogP) is 8.26. The van der Waals surface area contributed by atoms with Crippen molar-refractivity contribution >= 4 is 43.4 Å². The summed E-state index contributed by atoms with van der Waals surface area (Å²) < 4.78 is 8.73. The van der Waals surface area contributed by atoms with Crippen molar-refractivity contribution in [2.75, 3.05) is 0 Å². The van der Waals surface area contributed by atoms with Crippen molar-refractivity contribution in [2.45, 2.75) is 0 Å². The molecular weight excluding hydrogens is 416 g/mol. The van der Waals surface area contributed by atoms with E-state index >= 15 is 0 Å². The van der Waals surface area contributed by atoms with Crippen molar-refractivity contribution in [3.05, 3.63) is 109 Å². The highest BCUT2D eigenvalue weighted by Crippen LogP contribution is 2.50. The smallest absolute Gasteiger partial charge is 0.138 e. The average Bonchev–Trinajstić information content (AvgIpc) is 3.23. The van der Waals surface area contributed by atoms with Gasteiger partial charge in [0, 0.05) is 45.2 Å². The number of hydrogen-bond donors (Lipinski definition) is 0. The molecule has 0 spiro atoms. The van der Waals surface area contributed by atoms with Gasteiger partial charge < -0.3 is 9.30 Å². The topological polar surface area (TPSA) is 27.1 Å². The van der Waals surface area contributed by atoms with Crippen molar-refractivity contribution in [3.8, 4) is 28.3 Å². The number of hydrogen-bond acceptors (Lipinski definition) is 2. The number of pyridine rings is 1. The molecule has 0 unspecified atom stereocenters. The third-order valence-electron chi connectivity index (χ3n) is 7.04. The molecule has 0 fully saturated rings. The maximum atomic E-state index is 6.33. The maximum Gasteiger partial charge on any atom is 0.138 e. The first-order valence-electron chi connectivity index (χ1n) is 11.5. The van der Waals surface area contributed by atoms with Crippen LogP contribution >= 0.6 is 0 Å². The summed E-state index contributed by atoms with van der Waals surface area (Å²) in [6.07, 6.45) is 3.70. The molecule has 5 aromatic carbocycles. The lowest BCUT2D eigenvalue weighted by molar-refractivity contribution is 0.486. The number of para-hydroxylation sites is 1. The quantitative estimate of drug-likeness (QED) is 0.260. The summed E-state index contributed by atoms with van der Waals surface area (Å²) in [5.41, 5.74) is 5.77. The first-order chi connectivity index (χ1) is 16.9. The molecule has 0 saturated carbocycles. The molecule has 0 amide bonds. The van der Waals surface area contributed by atoms with Gasteiger partial charge in [0.15, 0.2) is 0 Å². The molecule has 0 saturated heterocycles. The molecule has 2 aromatic heterocycles. The van der Waals surface area contributed by atoms with Crippen LogP contribution in [0.3, 0.4) is 0 Å². The highest BCUT2D eigenvalue weighted by molar-refractivity contribution is 6.23. The van der Waals surface area contributed by atoms with Crippen molar-refractivity contribution in [1.82, 2.24) is 9.55 Å². The van der Waals surface area contributed by atoms with E-state index in [1.54, 1.807) is 6.20 Å². The van der Waals surface area contributed by atoms with Crippen LogP contribution in [0.1, 0.15) is 0 Å². The van der Waals surface area contributed by atoms with E-state index in [-0.39, 0.29) is 0 Å². The number of benzene rings is 5. The largest absolute Gasteiger partial charge is 0.456 e. The second-order valence-corrected chi connectivity index (χ2v) is 8.86. The van der Waals surface area contributed by atoms with E-state index in [1.807, 2.05) is 12.3 Å². The van der Waals surface area contributed by atoms with Gasteiger partial charge in [-0.25, -0.2) is 0 Å². The molecule has 34 heavy (non-hydrogen) atoms. The summed E-state index contributed by atoms with van der Waals surface area (Å²) in [5.74, 6) is 1.75. The van der Waals surface area contributed by atoms with E-state index in [1.165, 1.54) is 43.5 Å². The lowest BCUT2D eigenvalue weighted by atomic mass is 9.93. The summed E-state index contributed by atoms with van der Waals surface area (Å²) in [6.45, 7) is 0. The third-order valence-corrected chi connectivity index (χ3v) is 7.04. The molecule has 0 atom stereocenters. The second kappa shape index (κ2) is 6.46. The van der Waals surface area contributed by atoms with Crippen LogP contribution in [0.2, 0.25) is 0 Å². The van der Waals surface area contributed by atoms with Gasteiger partial charge in [-0.15, -0.1) is 0 Å². The molecule has 7 aromatic rings. The normalized spacial score (nSPS) is 12.4. The number of nitrogens with zero attached hydrogens (tertiary/aromatic N) is 2. The van der Waals surface area contributed by atoms with Gasteiger partial charge in [-0.2, -0.15) is 0 Å². The van der Waals surface area contributed by atoms with Crippen molar-refractivity contribution in [2.24, 2.45) is 0 Å². The van der Waals surface area contributed by atoms with Gasteiger partial charge in [0.1, 0.15) is 11.5 Å². The standard InChI is InChI=1S/C31H18N2O/c1-2-7-20-16-21(13-12-19(20)6-1)33-27-10-4-3-8-22(27)25-17-24-26-18-32-15-14-28(26)34-29-11-5-9-23(30(24)29)31(25)33/h1-18H. The summed E-state index contributed by atoms with van der Waals surface area (Å²) in [4.78, 5) is 4.40. The maximum absolute atomic E-state index is 6.33. The predicted molar refractivity (Wildman–Crippen MR) is 139 cm³/mol. The molecule has 3 heterocycles. The highest BCUT2D eigenvalue weighted by Gasteiger charge is 2.24. The number of aromatic nitrogens is 2. The van der Waals surface area contributed by atoms with Crippen LogP contribution in [0.25, 0.3) is 60.2 Å². The Morgan fingerprint density at radius 1 is 0.618 bits per heavy atom. The van der Waals surface area contributed by atoms with Crippen LogP contribution < -0.4 is 4.74 Å². The van der Waals surface area contributed by atoms with Crippen molar-refractivity contribution in [1.29, 1.82) is 0 Å². The van der Waals surface area contributed by atoms with Gasteiger partial charge in [-0.1, -0.05) is 60.7 Å². The van der Waals surface area contributed by atoms with E-state index in [4.69, 9.17) is 4.74 Å². The van der Waals surface area contributed by atoms with E-state index in [2.05, 4.69) is 101 Å². The zero-order valence-corrected chi connectivity index (χ0v) is 18.2. The Kier molecular flexibility index (Phi) is 3.39. The molecule has 1 aliphatic heterocycles. The molecule has 0 N–H and O–H groups in total. The Labute approximate surface area is 195 Å². The lowest BCUT2D eigenvalue weighted by Gasteiger charge is -2.22. The van der Waals surface area contributed by atoms with Crippen LogP contribution in [0.5, 0.6) is 11.5 Å². The van der Waals surface area contributed by atoms with Crippen LogP contribution in [0.4, 0.5) is 0 Å². The Hall–Kier alpha value is -4.63. The van der Waals surface area contributed by atoms with E-state index in [9.17, 15) is 0 Å². The van der Waals surface area contributed by atoms with Crippen molar-refractivity contribution in [3.63, 3.8) is 0 Å². The van der Waals surface area contributed by atoms with E-state index < -0.39 is 0 Å². The SMILES string of the molecule is c1ccc2cc(-n3c4ccccc4c4cc5c6c(cccc6c43)Oc3ccncc3-5)ccc2c1. The van der Waals surface area contributed by atoms with Crippen molar-refractivity contribution < 1.29 is 4.74 Å². The fourth-order valence-corrected chi connectivity index (χ4v) is 5.57. The van der Waals surface area contributed by atoms with Gasteiger partial charge in [-0.3, -0.25) is 4.98 Å². The Morgan fingerprint density at radius 3 is 2.44 bits per heavy atom. The molecule has 3 heteroatoms. The molecule has 1 aliphatic rings. The Balaban J connectivity index is 1.59. The second-order valence-electron chi connectivity index (χ2n) is 8.86. The molecule has 8 rings (SSSR count). The Morgan fingerprint density at radius 2 is 1.47 bits per heavy atom. The van der Waals surface area contributed by atoms with Gasteiger partial charge in [0.2, 0.25) is 0 Å². The lowest BCUT2D eigenvalue weighted by Crippen LogP contribution is -1.99. The molecular formula is C31H18N2O. The van der Waals surface area contributed by atoms with Crippen LogP contribution in [0.15, 0.2) is 109 Å². The zero-order chi connectivity index (χ0) is 22.2. The minimum Gasteiger partial charge on any atom is -0.456 e. The molecule has 0 bridgehead atoms. The molecule has 3 nitrogen and oxygen atoms in total. The fraction of sp³-hybridized carbons (Fsp3) is 0. The minimum absolute atomic E-state index is 0.854. The summed E-state index contributed by atoms with van der Waals surface area (Å²) >= 11 is 0. The highest BCUT2D eigenvalue weighted by atomic mass is 16.5. The third kappa shape index (κ3) is 2.28. The molecule has 0 radical (unpaired) electrons. The van der Waals surface area contributed by atoms with Crippen LogP contribution in [0, 0.1) is 0 Å². The van der Waals surface area contributed by atoms with Gasteiger partial charge >= 0.3 is 0 Å². The van der Waals surface area contributed by atoms with Gasteiger partial charge in [-0.05, 0) is 52.7 Å². The summed E-state index contributed by atoms with van der Waals surface area (Å²) in [6, 6.07) is 34.6. The first kappa shape index (κ1) is 17.9. The average molecular weight is 434 g/mol. The molecule has 158 valence electrons.